The Morgan fingerprint density at radius 1 is 1.29 bits per heavy atom. The zero-order valence-electron chi connectivity index (χ0n) is 16.7. The number of sulfonamides is 1. The van der Waals surface area contributed by atoms with Crippen molar-refractivity contribution >= 4 is 21.9 Å². The average molecular weight is 413 g/mol. The molecule has 156 valence electrons. The molecule has 1 aromatic rings. The van der Waals surface area contributed by atoms with Gasteiger partial charge in [-0.3, -0.25) is 9.59 Å². The lowest BCUT2D eigenvalue weighted by Crippen LogP contribution is -2.49. The maximum atomic E-state index is 12.6. The molecule has 0 aromatic heterocycles. The summed E-state index contributed by atoms with van der Waals surface area (Å²) in [5, 5.41) is 0. The van der Waals surface area contributed by atoms with Crippen molar-refractivity contribution in [2.45, 2.75) is 44.6 Å². The molecule has 9 heteroatoms. The van der Waals surface area contributed by atoms with Crippen LogP contribution in [-0.4, -0.2) is 58.0 Å². The van der Waals surface area contributed by atoms with E-state index in [1.54, 1.807) is 24.8 Å². The summed E-state index contributed by atoms with van der Waals surface area (Å²) < 4.78 is 37.8. The number of ether oxygens (including phenoxy) is 2. The second kappa shape index (κ2) is 9.38. The fourth-order valence-electron chi connectivity index (χ4n) is 3.24. The van der Waals surface area contributed by atoms with E-state index in [1.165, 1.54) is 26.2 Å². The maximum absolute atomic E-state index is 12.6. The van der Waals surface area contributed by atoms with Gasteiger partial charge in [0.25, 0.3) is 0 Å². The smallest absolute Gasteiger partial charge is 0.309 e. The minimum atomic E-state index is -3.85. The minimum absolute atomic E-state index is 0.0754. The van der Waals surface area contributed by atoms with Gasteiger partial charge in [0.15, 0.2) is 0 Å². The van der Waals surface area contributed by atoms with Crippen LogP contribution in [0.1, 0.15) is 32.3 Å². The highest BCUT2D eigenvalue weighted by molar-refractivity contribution is 7.89. The van der Waals surface area contributed by atoms with Gasteiger partial charge in [-0.15, -0.1) is 0 Å². The van der Waals surface area contributed by atoms with Crippen LogP contribution in [0.4, 0.5) is 0 Å². The first kappa shape index (κ1) is 22.2. The highest BCUT2D eigenvalue weighted by Crippen LogP contribution is 2.22. The van der Waals surface area contributed by atoms with E-state index >= 15 is 0 Å². The second-order valence-corrected chi connectivity index (χ2v) is 8.54. The number of carbonyl (C=O) groups is 2. The number of likely N-dealkylation sites (tertiary alicyclic amines) is 1. The van der Waals surface area contributed by atoms with Gasteiger partial charge in [-0.25, -0.2) is 8.42 Å². The van der Waals surface area contributed by atoms with Crippen LogP contribution in [0.3, 0.4) is 0 Å². The van der Waals surface area contributed by atoms with Gasteiger partial charge in [0.1, 0.15) is 5.75 Å². The molecule has 0 radical (unpaired) electrons. The molecule has 0 unspecified atom stereocenters. The van der Waals surface area contributed by atoms with Crippen LogP contribution in [0.15, 0.2) is 23.1 Å². The first-order valence-corrected chi connectivity index (χ1v) is 10.8. The molecule has 1 aliphatic heterocycles. The summed E-state index contributed by atoms with van der Waals surface area (Å²) in [7, 11) is -2.33. The Bertz CT molecular complexity index is 816. The number of hydrogen-bond donors (Lipinski definition) is 1. The van der Waals surface area contributed by atoms with Crippen molar-refractivity contribution < 1.29 is 27.5 Å². The molecule has 0 bridgehead atoms. The minimum Gasteiger partial charge on any atom is -0.496 e. The van der Waals surface area contributed by atoms with Crippen LogP contribution in [0.25, 0.3) is 0 Å². The highest BCUT2D eigenvalue weighted by Gasteiger charge is 2.31. The first-order valence-electron chi connectivity index (χ1n) is 9.32. The first-order chi connectivity index (χ1) is 13.2. The normalized spacial score (nSPS) is 16.5. The predicted molar refractivity (Wildman–Crippen MR) is 103 cm³/mol. The number of esters is 1. The summed E-state index contributed by atoms with van der Waals surface area (Å²) in [5.74, 6) is -0.167. The molecule has 28 heavy (non-hydrogen) atoms. The van der Waals surface area contributed by atoms with Crippen molar-refractivity contribution in [2.24, 2.45) is 5.92 Å². The van der Waals surface area contributed by atoms with E-state index in [0.29, 0.717) is 43.9 Å². The second-order valence-electron chi connectivity index (χ2n) is 6.83. The van der Waals surface area contributed by atoms with E-state index in [2.05, 4.69) is 4.72 Å². The molecule has 1 atom stereocenters. The largest absolute Gasteiger partial charge is 0.496 e. The molecule has 0 aliphatic carbocycles. The summed E-state index contributed by atoms with van der Waals surface area (Å²) >= 11 is 0. The fraction of sp³-hybridized carbons (Fsp3) is 0.579. The van der Waals surface area contributed by atoms with Gasteiger partial charge >= 0.3 is 5.97 Å². The number of nitrogens with one attached hydrogen (secondary N) is 1. The van der Waals surface area contributed by atoms with Gasteiger partial charge in [0.05, 0.1) is 30.6 Å². The lowest BCUT2D eigenvalue weighted by Gasteiger charge is -2.32. The van der Waals surface area contributed by atoms with E-state index < -0.39 is 16.1 Å². The summed E-state index contributed by atoms with van der Waals surface area (Å²) in [6.45, 7) is 6.16. The molecule has 1 N–H and O–H groups in total. The monoisotopic (exact) mass is 412 g/mol. The zero-order chi connectivity index (χ0) is 20.9. The van der Waals surface area contributed by atoms with Crippen molar-refractivity contribution in [3.63, 3.8) is 0 Å². The molecule has 1 aliphatic rings. The van der Waals surface area contributed by atoms with Crippen LogP contribution < -0.4 is 9.46 Å². The summed E-state index contributed by atoms with van der Waals surface area (Å²) in [6.07, 6.45) is 1.03. The molecule has 0 spiro atoms. The van der Waals surface area contributed by atoms with Gasteiger partial charge in [-0.2, -0.15) is 4.72 Å². The Morgan fingerprint density at radius 2 is 1.93 bits per heavy atom. The van der Waals surface area contributed by atoms with Gasteiger partial charge in [-0.1, -0.05) is 0 Å². The Kier molecular flexibility index (Phi) is 7.42. The SMILES string of the molecule is CCOC(=O)C1CCN(C(=O)[C@@H](C)NS(=O)(=O)c2ccc(OC)c(C)c2)CC1. The van der Waals surface area contributed by atoms with Crippen molar-refractivity contribution in [2.75, 3.05) is 26.8 Å². The number of carbonyl (C=O) groups excluding carboxylic acids is 2. The number of amides is 1. The van der Waals surface area contributed by atoms with E-state index in [-0.39, 0.29) is 22.7 Å². The number of nitrogens with zero attached hydrogens (tertiary/aromatic N) is 1. The van der Waals surface area contributed by atoms with Gasteiger partial charge in [0, 0.05) is 13.1 Å². The van der Waals surface area contributed by atoms with Crippen LogP contribution in [0.2, 0.25) is 0 Å². The van der Waals surface area contributed by atoms with Crippen molar-refractivity contribution in [3.05, 3.63) is 23.8 Å². The third-order valence-electron chi connectivity index (χ3n) is 4.81. The molecular weight excluding hydrogens is 384 g/mol. The van der Waals surface area contributed by atoms with Gasteiger partial charge in [0.2, 0.25) is 15.9 Å². The fourth-order valence-corrected chi connectivity index (χ4v) is 4.52. The number of aryl methyl sites for hydroxylation is 1. The predicted octanol–water partition coefficient (Wildman–Crippen LogP) is 1.47. The van der Waals surface area contributed by atoms with Gasteiger partial charge in [-0.05, 0) is 57.4 Å². The average Bonchev–Trinajstić information content (AvgIpc) is 2.67. The number of hydrogen-bond acceptors (Lipinski definition) is 6. The molecule has 1 fully saturated rings. The van der Waals surface area contributed by atoms with E-state index in [0.717, 1.165) is 0 Å². The number of piperidine rings is 1. The van der Waals surface area contributed by atoms with Crippen LogP contribution in [-0.2, 0) is 24.3 Å². The van der Waals surface area contributed by atoms with Gasteiger partial charge < -0.3 is 14.4 Å². The Balaban J connectivity index is 1.98. The molecule has 2 rings (SSSR count). The summed E-state index contributed by atoms with van der Waals surface area (Å²) in [4.78, 5) is 26.1. The topological polar surface area (TPSA) is 102 Å². The third kappa shape index (κ3) is 5.23. The van der Waals surface area contributed by atoms with E-state index in [4.69, 9.17) is 9.47 Å². The quantitative estimate of drug-likeness (QED) is 0.681. The molecule has 1 heterocycles. The Morgan fingerprint density at radius 3 is 2.46 bits per heavy atom. The Labute approximate surface area is 166 Å². The molecule has 8 nitrogen and oxygen atoms in total. The summed E-state index contributed by atoms with van der Waals surface area (Å²) in [5.41, 5.74) is 0.686. The van der Waals surface area contributed by atoms with E-state index in [9.17, 15) is 18.0 Å². The molecule has 1 amide bonds. The summed E-state index contributed by atoms with van der Waals surface area (Å²) in [6, 6.07) is 3.61. The highest BCUT2D eigenvalue weighted by atomic mass is 32.2. The standard InChI is InChI=1S/C19H28N2O6S/c1-5-27-19(23)15-8-10-21(11-9-15)18(22)14(3)20-28(24,25)16-6-7-17(26-4)13(2)12-16/h6-7,12,14-15,20H,5,8-11H2,1-4H3/t14-/m1/s1. The van der Waals surface area contributed by atoms with E-state index in [1.807, 2.05) is 0 Å². The van der Waals surface area contributed by atoms with Crippen LogP contribution >= 0.6 is 0 Å². The number of rotatable bonds is 7. The van der Waals surface area contributed by atoms with Crippen molar-refractivity contribution in [1.29, 1.82) is 0 Å². The Hall–Kier alpha value is -2.13. The molecule has 1 aromatic carbocycles. The van der Waals surface area contributed by atoms with Crippen molar-refractivity contribution in [1.82, 2.24) is 9.62 Å². The maximum Gasteiger partial charge on any atom is 0.309 e. The lowest BCUT2D eigenvalue weighted by atomic mass is 9.96. The third-order valence-corrected chi connectivity index (χ3v) is 6.34. The van der Waals surface area contributed by atoms with Crippen LogP contribution in [0, 0.1) is 12.8 Å². The zero-order valence-corrected chi connectivity index (χ0v) is 17.5. The molecule has 1 saturated heterocycles. The number of methoxy groups -OCH3 is 1. The van der Waals surface area contributed by atoms with Crippen LogP contribution in [0.5, 0.6) is 5.75 Å². The lowest BCUT2D eigenvalue weighted by molar-refractivity contribution is -0.151. The number of benzene rings is 1. The van der Waals surface area contributed by atoms with Crippen molar-refractivity contribution in [3.8, 4) is 5.75 Å². The molecular formula is C19H28N2O6S. The molecule has 0 saturated carbocycles.